The summed E-state index contributed by atoms with van der Waals surface area (Å²) in [7, 11) is 1.54. The third kappa shape index (κ3) is 4.99. The monoisotopic (exact) mass is 488 g/mol. The number of carbonyl (C=O) groups is 2. The zero-order valence-corrected chi connectivity index (χ0v) is 20.1. The molecule has 8 nitrogen and oxygen atoms in total. The number of para-hydroxylation sites is 2. The molecule has 1 saturated heterocycles. The Morgan fingerprint density at radius 3 is 2.47 bits per heavy atom. The first kappa shape index (κ1) is 23.7. The molecule has 2 aliphatic rings. The van der Waals surface area contributed by atoms with Gasteiger partial charge < -0.3 is 28.7 Å². The van der Waals surface area contributed by atoms with Crippen molar-refractivity contribution in [3.63, 3.8) is 0 Å². The van der Waals surface area contributed by atoms with Gasteiger partial charge in [-0.25, -0.2) is 0 Å². The van der Waals surface area contributed by atoms with Gasteiger partial charge in [-0.2, -0.15) is 0 Å². The molecule has 36 heavy (non-hydrogen) atoms. The number of methoxy groups -OCH3 is 1. The van der Waals surface area contributed by atoms with Gasteiger partial charge in [-0.3, -0.25) is 9.59 Å². The van der Waals surface area contributed by atoms with Crippen molar-refractivity contribution in [1.29, 1.82) is 0 Å². The third-order valence-electron chi connectivity index (χ3n) is 6.26. The summed E-state index contributed by atoms with van der Waals surface area (Å²) in [5.74, 6) is 1.10. The van der Waals surface area contributed by atoms with Crippen LogP contribution in [0, 0.1) is 0 Å². The van der Waals surface area contributed by atoms with Crippen LogP contribution >= 0.6 is 0 Å². The molecule has 5 rings (SSSR count). The minimum Gasteiger partial charge on any atom is -0.493 e. The van der Waals surface area contributed by atoms with Crippen LogP contribution in [-0.4, -0.2) is 62.8 Å². The fourth-order valence-electron chi connectivity index (χ4n) is 4.35. The lowest BCUT2D eigenvalue weighted by Crippen LogP contribution is -2.54. The van der Waals surface area contributed by atoms with E-state index in [1.54, 1.807) is 41.2 Å². The van der Waals surface area contributed by atoms with Crippen molar-refractivity contribution in [2.75, 3.05) is 44.9 Å². The molecule has 0 saturated carbocycles. The van der Waals surface area contributed by atoms with Gasteiger partial charge >= 0.3 is 0 Å². The number of carbonyl (C=O) groups excluding carboxylic acids is 2. The van der Waals surface area contributed by atoms with Crippen molar-refractivity contribution in [1.82, 2.24) is 4.90 Å². The van der Waals surface area contributed by atoms with Crippen LogP contribution < -0.4 is 19.1 Å². The number of hydrogen-bond acceptors (Lipinski definition) is 6. The molecule has 0 N–H and O–H groups in total. The van der Waals surface area contributed by atoms with Crippen molar-refractivity contribution in [3.8, 4) is 17.2 Å². The second kappa shape index (κ2) is 10.7. The van der Waals surface area contributed by atoms with Gasteiger partial charge in [-0.1, -0.05) is 42.5 Å². The van der Waals surface area contributed by atoms with E-state index in [1.165, 1.54) is 0 Å². The number of hydrogen-bond donors (Lipinski definition) is 0. The second-order valence-electron chi connectivity index (χ2n) is 8.57. The number of benzene rings is 3. The maximum atomic E-state index is 13.7. The molecular formula is C28H28N2O6. The Balaban J connectivity index is 1.37. The highest BCUT2D eigenvalue weighted by molar-refractivity contribution is 6.08. The highest BCUT2D eigenvalue weighted by atomic mass is 16.5. The van der Waals surface area contributed by atoms with E-state index in [0.717, 1.165) is 5.56 Å². The predicted molar refractivity (Wildman–Crippen MR) is 134 cm³/mol. The number of rotatable bonds is 6. The highest BCUT2D eigenvalue weighted by Gasteiger charge is 2.36. The number of anilines is 1. The molecule has 1 atom stereocenters. The molecule has 0 spiro atoms. The topological polar surface area (TPSA) is 77.5 Å². The summed E-state index contributed by atoms with van der Waals surface area (Å²) in [6.45, 7) is 2.51. The first-order chi connectivity index (χ1) is 17.6. The number of fused-ring (bicyclic) bond motifs is 1. The van der Waals surface area contributed by atoms with Crippen LogP contribution in [-0.2, 0) is 16.1 Å². The summed E-state index contributed by atoms with van der Waals surface area (Å²) in [5.41, 5.74) is 2.07. The van der Waals surface area contributed by atoms with Gasteiger partial charge in [-0.15, -0.1) is 0 Å². The van der Waals surface area contributed by atoms with E-state index >= 15 is 0 Å². The van der Waals surface area contributed by atoms with Crippen LogP contribution in [0.1, 0.15) is 15.9 Å². The van der Waals surface area contributed by atoms with Crippen LogP contribution in [0.25, 0.3) is 0 Å². The van der Waals surface area contributed by atoms with E-state index < -0.39 is 6.10 Å². The minimum absolute atomic E-state index is 0.112. The van der Waals surface area contributed by atoms with Gasteiger partial charge in [0.1, 0.15) is 12.4 Å². The zero-order chi connectivity index (χ0) is 24.9. The molecule has 186 valence electrons. The molecule has 3 aromatic rings. The third-order valence-corrected chi connectivity index (χ3v) is 6.26. The second-order valence-corrected chi connectivity index (χ2v) is 8.57. The van der Waals surface area contributed by atoms with E-state index in [1.807, 2.05) is 48.5 Å². The molecule has 2 aliphatic heterocycles. The van der Waals surface area contributed by atoms with E-state index in [-0.39, 0.29) is 18.4 Å². The smallest absolute Gasteiger partial charge is 0.265 e. The highest BCUT2D eigenvalue weighted by Crippen LogP contribution is 2.36. The summed E-state index contributed by atoms with van der Waals surface area (Å²) >= 11 is 0. The molecule has 2 heterocycles. The SMILES string of the molecule is COc1cc(C(=O)N2CC(C(=O)N3CCOCC3)Oc3ccccc32)ccc1OCc1ccccc1. The van der Waals surface area contributed by atoms with Crippen LogP contribution in [0.2, 0.25) is 0 Å². The molecule has 1 unspecified atom stereocenters. The minimum atomic E-state index is -0.794. The molecule has 3 aromatic carbocycles. The lowest BCUT2D eigenvalue weighted by Gasteiger charge is -2.37. The van der Waals surface area contributed by atoms with Gasteiger partial charge in [0.2, 0.25) is 0 Å². The molecule has 0 aromatic heterocycles. The average molecular weight is 489 g/mol. The van der Waals surface area contributed by atoms with Crippen LogP contribution in [0.15, 0.2) is 72.8 Å². The Labute approximate surface area is 209 Å². The van der Waals surface area contributed by atoms with Gasteiger partial charge in [0.25, 0.3) is 11.8 Å². The summed E-state index contributed by atoms with van der Waals surface area (Å²) in [6.07, 6.45) is -0.794. The van der Waals surface area contributed by atoms with Gasteiger partial charge in [-0.05, 0) is 35.9 Å². The Hall–Kier alpha value is -4.04. The van der Waals surface area contributed by atoms with Crippen LogP contribution in [0.4, 0.5) is 5.69 Å². The maximum absolute atomic E-state index is 13.7. The average Bonchev–Trinajstić information content (AvgIpc) is 2.95. The largest absolute Gasteiger partial charge is 0.493 e. The molecule has 0 radical (unpaired) electrons. The van der Waals surface area contributed by atoms with Crippen molar-refractivity contribution >= 4 is 17.5 Å². The summed E-state index contributed by atoms with van der Waals surface area (Å²) in [6, 6.07) is 22.2. The fourth-order valence-corrected chi connectivity index (χ4v) is 4.35. The first-order valence-electron chi connectivity index (χ1n) is 11.9. The summed E-state index contributed by atoms with van der Waals surface area (Å²) in [5, 5.41) is 0. The molecular weight excluding hydrogens is 460 g/mol. The molecule has 2 amide bonds. The quantitative estimate of drug-likeness (QED) is 0.528. The van der Waals surface area contributed by atoms with E-state index in [0.29, 0.717) is 61.4 Å². The van der Waals surface area contributed by atoms with Crippen molar-refractivity contribution in [2.45, 2.75) is 12.7 Å². The first-order valence-corrected chi connectivity index (χ1v) is 11.9. The van der Waals surface area contributed by atoms with Crippen LogP contribution in [0.5, 0.6) is 17.2 Å². The Bertz CT molecular complexity index is 1230. The van der Waals surface area contributed by atoms with Gasteiger partial charge in [0.15, 0.2) is 17.6 Å². The van der Waals surface area contributed by atoms with E-state index in [4.69, 9.17) is 18.9 Å². The van der Waals surface area contributed by atoms with Crippen molar-refractivity contribution < 1.29 is 28.5 Å². The lowest BCUT2D eigenvalue weighted by molar-refractivity contribution is -0.142. The van der Waals surface area contributed by atoms with Crippen molar-refractivity contribution in [3.05, 3.63) is 83.9 Å². The zero-order valence-electron chi connectivity index (χ0n) is 20.1. The summed E-state index contributed by atoms with van der Waals surface area (Å²) < 4.78 is 22.9. The Kier molecular flexibility index (Phi) is 7.04. The molecule has 1 fully saturated rings. The van der Waals surface area contributed by atoms with E-state index in [2.05, 4.69) is 0 Å². The summed E-state index contributed by atoms with van der Waals surface area (Å²) in [4.78, 5) is 30.2. The molecule has 0 aliphatic carbocycles. The Morgan fingerprint density at radius 2 is 1.69 bits per heavy atom. The Morgan fingerprint density at radius 1 is 0.944 bits per heavy atom. The standard InChI is InChI=1S/C28H28N2O6/c1-33-25-17-21(11-12-24(25)35-19-20-7-3-2-4-8-20)27(31)30-18-26(28(32)29-13-15-34-16-14-29)36-23-10-6-5-9-22(23)30/h2-12,17,26H,13-16,18-19H2,1H3. The lowest BCUT2D eigenvalue weighted by atomic mass is 10.1. The molecule has 8 heteroatoms. The van der Waals surface area contributed by atoms with Crippen LogP contribution in [0.3, 0.4) is 0 Å². The number of amides is 2. The maximum Gasteiger partial charge on any atom is 0.265 e. The predicted octanol–water partition coefficient (Wildman–Crippen LogP) is 3.54. The van der Waals surface area contributed by atoms with Gasteiger partial charge in [0.05, 0.1) is 32.6 Å². The van der Waals surface area contributed by atoms with Gasteiger partial charge in [0, 0.05) is 18.7 Å². The van der Waals surface area contributed by atoms with E-state index in [9.17, 15) is 9.59 Å². The normalized spacial score (nSPS) is 17.1. The molecule has 0 bridgehead atoms. The number of nitrogens with zero attached hydrogens (tertiary/aromatic N) is 2. The fraction of sp³-hybridized carbons (Fsp3) is 0.286. The number of morpholine rings is 1. The number of ether oxygens (including phenoxy) is 4. The van der Waals surface area contributed by atoms with Crippen molar-refractivity contribution in [2.24, 2.45) is 0 Å².